The molecule has 0 atom stereocenters. The molecule has 1 aromatic rings. The zero-order valence-corrected chi connectivity index (χ0v) is 12.7. The summed E-state index contributed by atoms with van der Waals surface area (Å²) in [5.41, 5.74) is 3.91. The van der Waals surface area contributed by atoms with E-state index in [-0.39, 0.29) is 0 Å². The molecule has 1 aromatic carbocycles. The third-order valence-electron chi connectivity index (χ3n) is 4.63. The SMILES string of the molecule is C=C(C)N1CC(N2CCN(c3ccc(C)cc3)CC2)C1. The molecule has 2 aliphatic heterocycles. The first kappa shape index (κ1) is 13.5. The summed E-state index contributed by atoms with van der Waals surface area (Å²) in [4.78, 5) is 7.52. The van der Waals surface area contributed by atoms with E-state index in [0.717, 1.165) is 19.1 Å². The van der Waals surface area contributed by atoms with Crippen LogP contribution in [-0.4, -0.2) is 55.1 Å². The van der Waals surface area contributed by atoms with E-state index in [4.69, 9.17) is 0 Å². The highest BCUT2D eigenvalue weighted by Crippen LogP contribution is 2.22. The molecule has 0 spiro atoms. The topological polar surface area (TPSA) is 9.72 Å². The van der Waals surface area contributed by atoms with Gasteiger partial charge in [0.15, 0.2) is 0 Å². The minimum absolute atomic E-state index is 0.742. The summed E-state index contributed by atoms with van der Waals surface area (Å²) in [6.45, 7) is 15.3. The number of anilines is 1. The van der Waals surface area contributed by atoms with Gasteiger partial charge >= 0.3 is 0 Å². The molecule has 20 heavy (non-hydrogen) atoms. The molecule has 108 valence electrons. The molecule has 3 rings (SSSR count). The van der Waals surface area contributed by atoms with Gasteiger partial charge < -0.3 is 9.80 Å². The van der Waals surface area contributed by atoms with Gasteiger partial charge in [-0.15, -0.1) is 0 Å². The van der Waals surface area contributed by atoms with Gasteiger partial charge in [-0.05, 0) is 26.0 Å². The lowest BCUT2D eigenvalue weighted by molar-refractivity contribution is 0.0542. The van der Waals surface area contributed by atoms with Crippen molar-refractivity contribution in [2.45, 2.75) is 19.9 Å². The highest BCUT2D eigenvalue weighted by atomic mass is 15.3. The normalized spacial score (nSPS) is 20.9. The first-order valence-electron chi connectivity index (χ1n) is 7.59. The molecule has 2 fully saturated rings. The molecule has 0 aliphatic carbocycles. The third-order valence-corrected chi connectivity index (χ3v) is 4.63. The van der Waals surface area contributed by atoms with Gasteiger partial charge in [0.25, 0.3) is 0 Å². The van der Waals surface area contributed by atoms with Crippen molar-refractivity contribution in [3.63, 3.8) is 0 Å². The Labute approximate surface area is 122 Å². The first-order valence-corrected chi connectivity index (χ1v) is 7.59. The summed E-state index contributed by atoms with van der Waals surface area (Å²) in [5.74, 6) is 0. The third kappa shape index (κ3) is 2.68. The number of hydrogen-bond donors (Lipinski definition) is 0. The van der Waals surface area contributed by atoms with Crippen LogP contribution in [0, 0.1) is 6.92 Å². The molecule has 0 radical (unpaired) electrons. The second-order valence-electron chi connectivity index (χ2n) is 6.15. The van der Waals surface area contributed by atoms with E-state index < -0.39 is 0 Å². The minimum atomic E-state index is 0.742. The van der Waals surface area contributed by atoms with E-state index >= 15 is 0 Å². The molecule has 2 saturated heterocycles. The van der Waals surface area contributed by atoms with Gasteiger partial charge in [-0.3, -0.25) is 4.90 Å². The summed E-state index contributed by atoms with van der Waals surface area (Å²) < 4.78 is 0. The number of aryl methyl sites for hydroxylation is 1. The molecule has 0 unspecified atom stereocenters. The summed E-state index contributed by atoms with van der Waals surface area (Å²) in [6, 6.07) is 9.65. The summed E-state index contributed by atoms with van der Waals surface area (Å²) >= 11 is 0. The number of piperazine rings is 1. The van der Waals surface area contributed by atoms with Crippen LogP contribution in [-0.2, 0) is 0 Å². The second kappa shape index (κ2) is 5.49. The Morgan fingerprint density at radius 2 is 1.65 bits per heavy atom. The molecule has 0 amide bonds. The molecule has 0 N–H and O–H groups in total. The number of allylic oxidation sites excluding steroid dienone is 1. The van der Waals surface area contributed by atoms with E-state index in [0.29, 0.717) is 0 Å². The van der Waals surface area contributed by atoms with E-state index in [1.54, 1.807) is 0 Å². The highest BCUT2D eigenvalue weighted by Gasteiger charge is 2.33. The summed E-state index contributed by atoms with van der Waals surface area (Å²) in [7, 11) is 0. The Balaban J connectivity index is 1.50. The van der Waals surface area contributed by atoms with Gasteiger partial charge in [-0.25, -0.2) is 0 Å². The molecule has 3 nitrogen and oxygen atoms in total. The van der Waals surface area contributed by atoms with Crippen molar-refractivity contribution in [1.82, 2.24) is 9.80 Å². The van der Waals surface area contributed by atoms with E-state index in [1.807, 2.05) is 0 Å². The standard InChI is InChI=1S/C17H25N3/c1-14(2)20-12-17(13-20)19-10-8-18(9-11-19)16-6-4-15(3)5-7-16/h4-7,17H,1,8-13H2,2-3H3. The Morgan fingerprint density at radius 3 is 2.20 bits per heavy atom. The van der Waals surface area contributed by atoms with E-state index in [9.17, 15) is 0 Å². The maximum Gasteiger partial charge on any atom is 0.0447 e. The quantitative estimate of drug-likeness (QED) is 0.835. The van der Waals surface area contributed by atoms with Crippen LogP contribution in [0.15, 0.2) is 36.5 Å². The van der Waals surface area contributed by atoms with Gasteiger partial charge in [0.1, 0.15) is 0 Å². The lowest BCUT2D eigenvalue weighted by Crippen LogP contribution is -2.62. The first-order chi connectivity index (χ1) is 9.63. The molecule has 2 aliphatic rings. The number of hydrogen-bond acceptors (Lipinski definition) is 3. The lowest BCUT2D eigenvalue weighted by atomic mass is 10.1. The minimum Gasteiger partial charge on any atom is -0.372 e. The van der Waals surface area contributed by atoms with Crippen molar-refractivity contribution in [1.29, 1.82) is 0 Å². The predicted octanol–water partition coefficient (Wildman–Crippen LogP) is 2.33. The van der Waals surface area contributed by atoms with E-state index in [2.05, 4.69) is 59.4 Å². The smallest absolute Gasteiger partial charge is 0.0447 e. The maximum absolute atomic E-state index is 4.01. The molecule has 0 saturated carbocycles. The molecule has 3 heteroatoms. The monoisotopic (exact) mass is 271 g/mol. The molecular weight excluding hydrogens is 246 g/mol. The van der Waals surface area contributed by atoms with Crippen molar-refractivity contribution >= 4 is 5.69 Å². The van der Waals surface area contributed by atoms with Crippen molar-refractivity contribution in [2.24, 2.45) is 0 Å². The Bertz CT molecular complexity index is 466. The van der Waals surface area contributed by atoms with Gasteiger partial charge in [0, 0.05) is 56.7 Å². The average Bonchev–Trinajstić information content (AvgIpc) is 2.38. The molecular formula is C17H25N3. The Hall–Kier alpha value is -1.48. The zero-order chi connectivity index (χ0) is 14.1. The molecule has 0 aromatic heterocycles. The van der Waals surface area contributed by atoms with Gasteiger partial charge in [-0.1, -0.05) is 24.3 Å². The number of benzene rings is 1. The Kier molecular flexibility index (Phi) is 3.70. The predicted molar refractivity (Wildman–Crippen MR) is 85.1 cm³/mol. The van der Waals surface area contributed by atoms with Crippen LogP contribution in [0.5, 0.6) is 0 Å². The maximum atomic E-state index is 4.01. The van der Waals surface area contributed by atoms with Crippen LogP contribution in [0.2, 0.25) is 0 Å². The van der Waals surface area contributed by atoms with Gasteiger partial charge in [-0.2, -0.15) is 0 Å². The lowest BCUT2D eigenvalue weighted by Gasteiger charge is -2.49. The zero-order valence-electron chi connectivity index (χ0n) is 12.7. The van der Waals surface area contributed by atoms with Gasteiger partial charge in [0.2, 0.25) is 0 Å². The second-order valence-corrected chi connectivity index (χ2v) is 6.15. The number of nitrogens with zero attached hydrogens (tertiary/aromatic N) is 3. The van der Waals surface area contributed by atoms with Crippen molar-refractivity contribution in [2.75, 3.05) is 44.2 Å². The van der Waals surface area contributed by atoms with Crippen LogP contribution >= 0.6 is 0 Å². The van der Waals surface area contributed by atoms with Crippen molar-refractivity contribution in [3.05, 3.63) is 42.1 Å². The van der Waals surface area contributed by atoms with E-state index in [1.165, 1.54) is 43.1 Å². The number of rotatable bonds is 3. The van der Waals surface area contributed by atoms with Crippen molar-refractivity contribution < 1.29 is 0 Å². The van der Waals surface area contributed by atoms with Crippen LogP contribution in [0.4, 0.5) is 5.69 Å². The van der Waals surface area contributed by atoms with Crippen LogP contribution < -0.4 is 4.90 Å². The summed E-state index contributed by atoms with van der Waals surface area (Å²) in [5, 5.41) is 0. The van der Waals surface area contributed by atoms with Crippen LogP contribution in [0.1, 0.15) is 12.5 Å². The molecule has 2 heterocycles. The highest BCUT2D eigenvalue weighted by molar-refractivity contribution is 5.47. The largest absolute Gasteiger partial charge is 0.372 e. The fourth-order valence-electron chi connectivity index (χ4n) is 3.10. The molecule has 0 bridgehead atoms. The van der Waals surface area contributed by atoms with Crippen LogP contribution in [0.25, 0.3) is 0 Å². The average molecular weight is 271 g/mol. The fraction of sp³-hybridized carbons (Fsp3) is 0.529. The summed E-state index contributed by atoms with van der Waals surface area (Å²) in [6.07, 6.45) is 0. The van der Waals surface area contributed by atoms with Crippen LogP contribution in [0.3, 0.4) is 0 Å². The number of likely N-dealkylation sites (tertiary alicyclic amines) is 1. The van der Waals surface area contributed by atoms with Crippen molar-refractivity contribution in [3.8, 4) is 0 Å². The van der Waals surface area contributed by atoms with Gasteiger partial charge in [0.05, 0.1) is 0 Å². The Morgan fingerprint density at radius 1 is 1.05 bits per heavy atom. The fourth-order valence-corrected chi connectivity index (χ4v) is 3.10.